The quantitative estimate of drug-likeness (QED) is 0.423. The summed E-state index contributed by atoms with van der Waals surface area (Å²) in [7, 11) is 0. The molecule has 0 spiro atoms. The fourth-order valence-corrected chi connectivity index (χ4v) is 0. The summed E-state index contributed by atoms with van der Waals surface area (Å²) in [6, 6.07) is 0. The molecule has 0 aromatic heterocycles. The molecule has 0 saturated heterocycles. The van der Waals surface area contributed by atoms with Gasteiger partial charge in [0.05, 0.1) is 0 Å². The van der Waals surface area contributed by atoms with Crippen molar-refractivity contribution in [2.75, 3.05) is 0 Å². The van der Waals surface area contributed by atoms with Gasteiger partial charge in [0.15, 0.2) is 0 Å². The minimum Gasteiger partial charge on any atom is -0.0958 e. The lowest BCUT2D eigenvalue weighted by Gasteiger charge is -1.87. The highest BCUT2D eigenvalue weighted by Crippen LogP contribution is 1.97. The van der Waals surface area contributed by atoms with Crippen molar-refractivity contribution in [2.24, 2.45) is 0 Å². The van der Waals surface area contributed by atoms with Gasteiger partial charge in [-0.1, -0.05) is 18.7 Å². The molecule has 0 aliphatic carbocycles. The van der Waals surface area contributed by atoms with E-state index in [2.05, 4.69) is 6.58 Å². The van der Waals surface area contributed by atoms with E-state index in [1.807, 2.05) is 13.8 Å². The van der Waals surface area contributed by atoms with Crippen LogP contribution in [0.5, 0.6) is 0 Å². The van der Waals surface area contributed by atoms with E-state index < -0.39 is 0 Å². The highest BCUT2D eigenvalue weighted by Gasteiger charge is 1.77. The van der Waals surface area contributed by atoms with Crippen LogP contribution in [0.3, 0.4) is 0 Å². The Labute approximate surface area is 39.2 Å². The zero-order valence-corrected chi connectivity index (χ0v) is 4.28. The highest BCUT2D eigenvalue weighted by molar-refractivity contribution is 5.17. The smallest absolute Gasteiger partial charge is 0.0395 e. The monoisotopic (exact) mass is 81.1 g/mol. The maximum absolute atomic E-state index is 5.25. The zero-order chi connectivity index (χ0) is 5.15. The summed E-state index contributed by atoms with van der Waals surface area (Å²) in [5.74, 6) is 0. The molecule has 0 aromatic rings. The molecule has 0 N–H and O–H groups in total. The van der Waals surface area contributed by atoms with Crippen molar-refractivity contribution < 1.29 is 0 Å². The molecule has 0 aromatic carbocycles. The molecule has 0 fully saturated rings. The molecule has 0 aliphatic heterocycles. The first-order valence-electron chi connectivity index (χ1n) is 1.89. The fraction of sp³-hybridized carbons (Fsp3) is 0.333. The van der Waals surface area contributed by atoms with Gasteiger partial charge in [0, 0.05) is 0 Å². The van der Waals surface area contributed by atoms with Crippen molar-refractivity contribution in [1.29, 1.82) is 0 Å². The topological polar surface area (TPSA) is 0 Å². The van der Waals surface area contributed by atoms with E-state index in [0.29, 0.717) is 0 Å². The third-order valence-corrected chi connectivity index (χ3v) is 0.673. The Morgan fingerprint density at radius 3 is 1.67 bits per heavy atom. The lowest BCUT2D eigenvalue weighted by atomic mass is 10.2. The average Bonchev–Trinajstić information content (AvgIpc) is 1.36. The van der Waals surface area contributed by atoms with E-state index in [9.17, 15) is 0 Å². The van der Waals surface area contributed by atoms with E-state index in [1.54, 1.807) is 0 Å². The molecule has 0 rings (SSSR count). The molecule has 33 valence electrons. The lowest BCUT2D eigenvalue weighted by Crippen LogP contribution is -1.67. The second-order valence-electron chi connectivity index (χ2n) is 1.46. The molecule has 0 aliphatic rings. The van der Waals surface area contributed by atoms with Crippen molar-refractivity contribution in [3.05, 3.63) is 24.3 Å². The molecule has 0 atom stereocenters. The fourth-order valence-electron chi connectivity index (χ4n) is 0. The highest BCUT2D eigenvalue weighted by atomic mass is 13.8. The summed E-state index contributed by atoms with van der Waals surface area (Å²) in [4.78, 5) is 0. The van der Waals surface area contributed by atoms with Gasteiger partial charge < -0.3 is 0 Å². The van der Waals surface area contributed by atoms with Gasteiger partial charge in [-0.2, -0.15) is 0 Å². The van der Waals surface area contributed by atoms with Crippen LogP contribution in [0.4, 0.5) is 0 Å². The minimum atomic E-state index is 0.815. The Balaban J connectivity index is 3.57. The summed E-state index contributed by atoms with van der Waals surface area (Å²) in [6.07, 6.45) is 0. The first-order chi connectivity index (χ1) is 2.64. The van der Waals surface area contributed by atoms with Crippen LogP contribution in [0, 0.1) is 6.58 Å². The van der Waals surface area contributed by atoms with Crippen LogP contribution in [0.25, 0.3) is 0 Å². The molecular formula is C6H9. The number of hydrogen-bond acceptors (Lipinski definition) is 0. The summed E-state index contributed by atoms with van der Waals surface area (Å²) >= 11 is 0. The van der Waals surface area contributed by atoms with Gasteiger partial charge in [-0.3, -0.25) is 0 Å². The summed E-state index contributed by atoms with van der Waals surface area (Å²) in [5, 5.41) is 0. The minimum absolute atomic E-state index is 0.815. The molecule has 0 unspecified atom stereocenters. The molecule has 0 amide bonds. The van der Waals surface area contributed by atoms with E-state index in [-0.39, 0.29) is 0 Å². The van der Waals surface area contributed by atoms with Crippen molar-refractivity contribution >= 4 is 0 Å². The predicted octanol–water partition coefficient (Wildman–Crippen LogP) is 1.94. The Hall–Kier alpha value is -0.520. The van der Waals surface area contributed by atoms with Gasteiger partial charge in [0.1, 0.15) is 0 Å². The summed E-state index contributed by atoms with van der Waals surface area (Å²) in [5.41, 5.74) is 1.77. The molecule has 0 heterocycles. The van der Waals surface area contributed by atoms with Crippen LogP contribution in [0.1, 0.15) is 13.8 Å². The summed E-state index contributed by atoms with van der Waals surface area (Å²) in [6.45, 7) is 12.6. The molecule has 0 bridgehead atoms. The van der Waals surface area contributed by atoms with Gasteiger partial charge in [0.25, 0.3) is 0 Å². The van der Waals surface area contributed by atoms with Crippen LogP contribution in [0.2, 0.25) is 0 Å². The molecule has 1 radical (unpaired) electrons. The van der Waals surface area contributed by atoms with E-state index in [0.717, 1.165) is 11.1 Å². The molecule has 0 heteroatoms. The van der Waals surface area contributed by atoms with Crippen molar-refractivity contribution in [3.8, 4) is 0 Å². The van der Waals surface area contributed by atoms with Crippen LogP contribution >= 0.6 is 0 Å². The average molecular weight is 81.1 g/mol. The largest absolute Gasteiger partial charge is 0.0958 e. The number of hydrogen-bond donors (Lipinski definition) is 0. The number of allylic oxidation sites excluding steroid dienone is 2. The van der Waals surface area contributed by atoms with Gasteiger partial charge in [0.2, 0.25) is 0 Å². The first kappa shape index (κ1) is 5.48. The third-order valence-electron chi connectivity index (χ3n) is 0.673. The van der Waals surface area contributed by atoms with Gasteiger partial charge in [-0.15, -0.1) is 0 Å². The predicted molar refractivity (Wildman–Crippen MR) is 28.3 cm³/mol. The second kappa shape index (κ2) is 1.81. The Bertz CT molecular complexity index is 66.0. The van der Waals surface area contributed by atoms with Gasteiger partial charge in [-0.05, 0) is 19.4 Å². The van der Waals surface area contributed by atoms with Gasteiger partial charge >= 0.3 is 0 Å². The standard InChI is InChI=1S/C6H9/c1-5(2)6(3)4/h1H,3H2,2,4H3. The van der Waals surface area contributed by atoms with Crippen LogP contribution in [-0.4, -0.2) is 0 Å². The molecule has 0 nitrogen and oxygen atoms in total. The number of rotatable bonds is 1. The van der Waals surface area contributed by atoms with Crippen molar-refractivity contribution in [3.63, 3.8) is 0 Å². The van der Waals surface area contributed by atoms with Gasteiger partial charge in [-0.25, -0.2) is 0 Å². The maximum Gasteiger partial charge on any atom is -0.0395 e. The van der Waals surface area contributed by atoms with Crippen molar-refractivity contribution in [2.45, 2.75) is 13.8 Å². The van der Waals surface area contributed by atoms with E-state index in [1.165, 1.54) is 0 Å². The maximum atomic E-state index is 5.25. The molecular weight excluding hydrogens is 72.1 g/mol. The van der Waals surface area contributed by atoms with E-state index in [4.69, 9.17) is 6.58 Å². The second-order valence-corrected chi connectivity index (χ2v) is 1.46. The normalized spacial score (nSPS) is 7.67. The Morgan fingerprint density at radius 2 is 1.67 bits per heavy atom. The van der Waals surface area contributed by atoms with Crippen LogP contribution in [-0.2, 0) is 0 Å². The first-order valence-corrected chi connectivity index (χ1v) is 1.89. The van der Waals surface area contributed by atoms with Crippen LogP contribution < -0.4 is 0 Å². The Morgan fingerprint density at radius 1 is 1.50 bits per heavy atom. The zero-order valence-electron chi connectivity index (χ0n) is 4.28. The molecule has 6 heavy (non-hydrogen) atoms. The SMILES string of the molecule is [CH]=C(C)C(=C)C. The lowest BCUT2D eigenvalue weighted by molar-refractivity contribution is 1.38. The van der Waals surface area contributed by atoms with Crippen molar-refractivity contribution in [1.82, 2.24) is 0 Å². The van der Waals surface area contributed by atoms with Crippen LogP contribution in [0.15, 0.2) is 17.7 Å². The third kappa shape index (κ3) is 1.77. The Kier molecular flexibility index (Phi) is 1.65. The van der Waals surface area contributed by atoms with E-state index >= 15 is 0 Å². The molecule has 0 saturated carbocycles. The summed E-state index contributed by atoms with van der Waals surface area (Å²) < 4.78 is 0.